The van der Waals surface area contributed by atoms with Crippen LogP contribution >= 0.6 is 0 Å². The summed E-state index contributed by atoms with van der Waals surface area (Å²) in [6.07, 6.45) is 7.79. The van der Waals surface area contributed by atoms with E-state index >= 15 is 0 Å². The number of benzene rings is 1. The topological polar surface area (TPSA) is 50.2 Å². The number of amides is 1. The number of allylic oxidation sites excluding steroid dienone is 1. The zero-order valence-electron chi connectivity index (χ0n) is 18.0. The first-order chi connectivity index (χ1) is 13.9. The molecule has 1 amide bonds. The standard InChI is InChI=1S/C24H32N4O/c1-18(2)12-15-27-16-13-21(14-17-27)25-24(29)11-10-23-19(3)26-28(20(23)4)22-8-6-5-7-9-22/h5-12,21H,13-17H2,1-4H3,(H,25,29)/b11-10+. The molecule has 1 saturated heterocycles. The molecular weight excluding hydrogens is 360 g/mol. The van der Waals surface area contributed by atoms with E-state index in [2.05, 4.69) is 35.2 Å². The Morgan fingerprint density at radius 3 is 2.52 bits per heavy atom. The molecule has 0 unspecified atom stereocenters. The van der Waals surface area contributed by atoms with Gasteiger partial charge >= 0.3 is 0 Å². The van der Waals surface area contributed by atoms with Crippen molar-refractivity contribution in [3.8, 4) is 5.69 Å². The van der Waals surface area contributed by atoms with Gasteiger partial charge in [-0.05, 0) is 58.7 Å². The molecule has 1 aliphatic heterocycles. The molecule has 1 aliphatic rings. The molecule has 1 fully saturated rings. The molecule has 29 heavy (non-hydrogen) atoms. The fourth-order valence-electron chi connectivity index (χ4n) is 3.70. The number of nitrogens with one attached hydrogen (secondary N) is 1. The predicted molar refractivity (Wildman–Crippen MR) is 119 cm³/mol. The van der Waals surface area contributed by atoms with Crippen LogP contribution in [0.5, 0.6) is 0 Å². The number of hydrogen-bond donors (Lipinski definition) is 1. The molecule has 2 heterocycles. The van der Waals surface area contributed by atoms with Crippen molar-refractivity contribution >= 4 is 12.0 Å². The largest absolute Gasteiger partial charge is 0.350 e. The van der Waals surface area contributed by atoms with Crippen LogP contribution in [0.15, 0.2) is 48.1 Å². The highest BCUT2D eigenvalue weighted by Gasteiger charge is 2.19. The van der Waals surface area contributed by atoms with Crippen LogP contribution < -0.4 is 5.32 Å². The predicted octanol–water partition coefficient (Wildman–Crippen LogP) is 4.05. The number of rotatable bonds is 6. The van der Waals surface area contributed by atoms with E-state index in [1.54, 1.807) is 6.08 Å². The van der Waals surface area contributed by atoms with Crippen molar-refractivity contribution in [2.75, 3.05) is 19.6 Å². The van der Waals surface area contributed by atoms with Crippen molar-refractivity contribution in [3.63, 3.8) is 0 Å². The summed E-state index contributed by atoms with van der Waals surface area (Å²) >= 11 is 0. The molecule has 1 N–H and O–H groups in total. The first-order valence-electron chi connectivity index (χ1n) is 10.4. The molecule has 3 rings (SSSR count). The first kappa shape index (κ1) is 21.1. The third-order valence-electron chi connectivity index (χ3n) is 5.44. The van der Waals surface area contributed by atoms with Crippen LogP contribution in [0.25, 0.3) is 11.8 Å². The highest BCUT2D eigenvalue weighted by Crippen LogP contribution is 2.19. The fraction of sp³-hybridized carbons (Fsp3) is 0.417. The molecule has 0 spiro atoms. The minimum atomic E-state index is -0.0287. The van der Waals surface area contributed by atoms with Crippen LogP contribution in [0.3, 0.4) is 0 Å². The van der Waals surface area contributed by atoms with E-state index in [-0.39, 0.29) is 11.9 Å². The van der Waals surface area contributed by atoms with Crippen molar-refractivity contribution in [1.82, 2.24) is 20.0 Å². The summed E-state index contributed by atoms with van der Waals surface area (Å²) in [5.41, 5.74) is 5.33. The lowest BCUT2D eigenvalue weighted by molar-refractivity contribution is -0.117. The maximum Gasteiger partial charge on any atom is 0.244 e. The van der Waals surface area contributed by atoms with E-state index in [0.29, 0.717) is 0 Å². The lowest BCUT2D eigenvalue weighted by atomic mass is 10.0. The van der Waals surface area contributed by atoms with Gasteiger partial charge in [0.15, 0.2) is 0 Å². The SMILES string of the molecule is CC(C)=CCN1CCC(NC(=O)/C=C/c2c(C)nn(-c3ccccc3)c2C)CC1. The molecule has 0 aliphatic carbocycles. The molecular formula is C24H32N4O. The molecule has 154 valence electrons. The van der Waals surface area contributed by atoms with Crippen molar-refractivity contribution in [1.29, 1.82) is 0 Å². The normalized spacial score (nSPS) is 15.6. The summed E-state index contributed by atoms with van der Waals surface area (Å²) in [7, 11) is 0. The Morgan fingerprint density at radius 2 is 1.86 bits per heavy atom. The lowest BCUT2D eigenvalue weighted by Crippen LogP contribution is -2.44. The summed E-state index contributed by atoms with van der Waals surface area (Å²) in [6, 6.07) is 10.3. The number of likely N-dealkylation sites (tertiary alicyclic amines) is 1. The average Bonchev–Trinajstić information content (AvgIpc) is 3.00. The summed E-state index contributed by atoms with van der Waals surface area (Å²) in [6.45, 7) is 11.3. The van der Waals surface area contributed by atoms with Crippen molar-refractivity contribution in [2.45, 2.75) is 46.6 Å². The quantitative estimate of drug-likeness (QED) is 0.596. The number of hydrogen-bond acceptors (Lipinski definition) is 3. The van der Waals surface area contributed by atoms with E-state index in [4.69, 9.17) is 0 Å². The van der Waals surface area contributed by atoms with Crippen LogP contribution in [0, 0.1) is 13.8 Å². The van der Waals surface area contributed by atoms with Gasteiger partial charge in [-0.15, -0.1) is 0 Å². The van der Waals surface area contributed by atoms with Crippen molar-refractivity contribution < 1.29 is 4.79 Å². The Morgan fingerprint density at radius 1 is 1.17 bits per heavy atom. The van der Waals surface area contributed by atoms with Gasteiger partial charge in [0.05, 0.1) is 11.4 Å². The van der Waals surface area contributed by atoms with Gasteiger partial charge in [0.1, 0.15) is 0 Å². The number of nitrogens with zero attached hydrogens (tertiary/aromatic N) is 3. The van der Waals surface area contributed by atoms with Gasteiger partial charge in [-0.25, -0.2) is 4.68 Å². The molecule has 0 saturated carbocycles. The van der Waals surface area contributed by atoms with Crippen molar-refractivity contribution in [3.05, 3.63) is 65.0 Å². The molecule has 0 radical (unpaired) electrons. The highest BCUT2D eigenvalue weighted by atomic mass is 16.1. The number of aryl methyl sites for hydroxylation is 1. The van der Waals surface area contributed by atoms with Crippen LogP contribution in [-0.4, -0.2) is 46.3 Å². The number of piperidine rings is 1. The van der Waals surface area contributed by atoms with E-state index in [1.165, 1.54) is 5.57 Å². The monoisotopic (exact) mass is 392 g/mol. The summed E-state index contributed by atoms with van der Waals surface area (Å²) in [5.74, 6) is -0.0287. The molecule has 2 aromatic rings. The highest BCUT2D eigenvalue weighted by molar-refractivity contribution is 5.92. The van der Waals surface area contributed by atoms with Gasteiger partial charge in [-0.1, -0.05) is 29.8 Å². The number of carbonyl (C=O) groups is 1. The molecule has 0 bridgehead atoms. The minimum Gasteiger partial charge on any atom is -0.350 e. The van der Waals surface area contributed by atoms with E-state index in [0.717, 1.165) is 55.1 Å². The van der Waals surface area contributed by atoms with Crippen LogP contribution in [0.2, 0.25) is 0 Å². The Hall–Kier alpha value is -2.66. The number of aromatic nitrogens is 2. The third kappa shape index (κ3) is 5.67. The van der Waals surface area contributed by atoms with Crippen LogP contribution in [0.1, 0.15) is 43.6 Å². The molecule has 0 atom stereocenters. The fourth-order valence-corrected chi connectivity index (χ4v) is 3.70. The number of carbonyl (C=O) groups excluding carboxylic acids is 1. The second kappa shape index (κ2) is 9.70. The zero-order chi connectivity index (χ0) is 20.8. The van der Waals surface area contributed by atoms with Gasteiger partial charge in [0.25, 0.3) is 0 Å². The second-order valence-electron chi connectivity index (χ2n) is 8.03. The second-order valence-corrected chi connectivity index (χ2v) is 8.03. The molecule has 5 nitrogen and oxygen atoms in total. The summed E-state index contributed by atoms with van der Waals surface area (Å²) < 4.78 is 1.93. The van der Waals surface area contributed by atoms with Crippen LogP contribution in [0.4, 0.5) is 0 Å². The Kier molecular flexibility index (Phi) is 7.04. The van der Waals surface area contributed by atoms with Gasteiger partial charge in [-0.2, -0.15) is 5.10 Å². The van der Waals surface area contributed by atoms with Crippen molar-refractivity contribution in [2.24, 2.45) is 0 Å². The van der Waals surface area contributed by atoms with Gasteiger partial charge in [0.2, 0.25) is 5.91 Å². The van der Waals surface area contributed by atoms with E-state index < -0.39 is 0 Å². The Labute approximate surface area is 174 Å². The van der Waals surface area contributed by atoms with E-state index in [1.807, 2.05) is 54.9 Å². The molecule has 1 aromatic carbocycles. The molecule has 5 heteroatoms. The van der Waals surface area contributed by atoms with E-state index in [9.17, 15) is 4.79 Å². The Bertz CT molecular complexity index is 883. The van der Waals surface area contributed by atoms with Crippen LogP contribution in [-0.2, 0) is 4.79 Å². The number of para-hydroxylation sites is 1. The maximum absolute atomic E-state index is 12.4. The first-order valence-corrected chi connectivity index (χ1v) is 10.4. The lowest BCUT2D eigenvalue weighted by Gasteiger charge is -2.31. The smallest absolute Gasteiger partial charge is 0.244 e. The minimum absolute atomic E-state index is 0.0287. The van der Waals surface area contributed by atoms with Gasteiger partial charge in [0, 0.05) is 43.0 Å². The third-order valence-corrected chi connectivity index (χ3v) is 5.44. The zero-order valence-corrected chi connectivity index (χ0v) is 18.0. The summed E-state index contributed by atoms with van der Waals surface area (Å²) in [5, 5.41) is 7.79. The molecule has 1 aromatic heterocycles. The van der Waals surface area contributed by atoms with Gasteiger partial charge in [-0.3, -0.25) is 9.69 Å². The average molecular weight is 393 g/mol. The Balaban J connectivity index is 1.57. The van der Waals surface area contributed by atoms with Gasteiger partial charge < -0.3 is 5.32 Å². The maximum atomic E-state index is 12.4. The summed E-state index contributed by atoms with van der Waals surface area (Å²) in [4.78, 5) is 14.9.